The zero-order chi connectivity index (χ0) is 11.1. The Morgan fingerprint density at radius 3 is 2.67 bits per heavy atom. The quantitative estimate of drug-likeness (QED) is 0.719. The highest BCUT2D eigenvalue weighted by Crippen LogP contribution is 2.31. The molecule has 1 nitrogen and oxygen atoms in total. The van der Waals surface area contributed by atoms with Gasteiger partial charge in [-0.1, -0.05) is 0 Å². The molecule has 5 heteroatoms. The van der Waals surface area contributed by atoms with Gasteiger partial charge in [0.05, 0.1) is 0 Å². The number of hydrogen-bond acceptors (Lipinski definition) is 2. The van der Waals surface area contributed by atoms with E-state index in [2.05, 4.69) is 4.74 Å². The Morgan fingerprint density at radius 1 is 1.27 bits per heavy atom. The van der Waals surface area contributed by atoms with Crippen LogP contribution in [-0.4, -0.2) is 6.36 Å². The Kier molecular flexibility index (Phi) is 2.34. The highest BCUT2D eigenvalue weighted by atomic mass is 32.1. The summed E-state index contributed by atoms with van der Waals surface area (Å²) in [5, 5.41) is 2.71. The molecule has 0 aliphatic rings. The van der Waals surface area contributed by atoms with Crippen molar-refractivity contribution in [2.45, 2.75) is 13.3 Å². The van der Waals surface area contributed by atoms with Crippen LogP contribution < -0.4 is 4.74 Å². The van der Waals surface area contributed by atoms with Crippen molar-refractivity contribution in [2.24, 2.45) is 0 Å². The molecule has 0 saturated carbocycles. The minimum atomic E-state index is -4.63. The lowest BCUT2D eigenvalue weighted by Gasteiger charge is -2.08. The Morgan fingerprint density at radius 2 is 2.00 bits per heavy atom. The summed E-state index contributed by atoms with van der Waals surface area (Å²) in [5.74, 6) is -0.170. The number of benzene rings is 1. The van der Waals surface area contributed by atoms with E-state index < -0.39 is 6.36 Å². The summed E-state index contributed by atoms with van der Waals surface area (Å²) >= 11 is 1.50. The molecule has 0 fully saturated rings. The number of thiophene rings is 1. The molecule has 0 amide bonds. The van der Waals surface area contributed by atoms with Crippen LogP contribution >= 0.6 is 11.3 Å². The van der Waals surface area contributed by atoms with Crippen molar-refractivity contribution in [1.29, 1.82) is 0 Å². The maximum Gasteiger partial charge on any atom is 0.573 e. The fourth-order valence-corrected chi connectivity index (χ4v) is 2.26. The van der Waals surface area contributed by atoms with E-state index in [1.165, 1.54) is 23.5 Å². The van der Waals surface area contributed by atoms with Crippen LogP contribution in [0, 0.1) is 6.92 Å². The van der Waals surface area contributed by atoms with Crippen LogP contribution in [0.1, 0.15) is 5.56 Å². The lowest BCUT2D eigenvalue weighted by molar-refractivity contribution is -0.274. The van der Waals surface area contributed by atoms with Gasteiger partial charge >= 0.3 is 6.36 Å². The molecule has 1 aromatic heterocycles. The van der Waals surface area contributed by atoms with Gasteiger partial charge in [0.1, 0.15) is 5.75 Å². The van der Waals surface area contributed by atoms with Gasteiger partial charge in [-0.25, -0.2) is 0 Å². The average Bonchev–Trinajstić information content (AvgIpc) is 2.45. The van der Waals surface area contributed by atoms with Gasteiger partial charge in [-0.2, -0.15) is 0 Å². The Hall–Kier alpha value is -1.23. The zero-order valence-electron chi connectivity index (χ0n) is 7.76. The lowest BCUT2D eigenvalue weighted by atomic mass is 10.2. The topological polar surface area (TPSA) is 9.23 Å². The van der Waals surface area contributed by atoms with Gasteiger partial charge < -0.3 is 4.74 Å². The van der Waals surface area contributed by atoms with E-state index in [1.54, 1.807) is 6.07 Å². The van der Waals surface area contributed by atoms with Crippen molar-refractivity contribution in [2.75, 3.05) is 0 Å². The van der Waals surface area contributed by atoms with Crippen LogP contribution in [0.15, 0.2) is 23.6 Å². The normalized spacial score (nSPS) is 12.0. The first-order valence-electron chi connectivity index (χ1n) is 4.19. The first kappa shape index (κ1) is 10.3. The van der Waals surface area contributed by atoms with E-state index in [9.17, 15) is 13.2 Å². The maximum atomic E-state index is 11.9. The molecule has 0 spiro atoms. The average molecular weight is 232 g/mol. The minimum Gasteiger partial charge on any atom is -0.406 e. The molecular formula is C10H7F3OS. The minimum absolute atomic E-state index is 0.170. The number of aryl methyl sites for hydroxylation is 1. The van der Waals surface area contributed by atoms with E-state index in [0.29, 0.717) is 0 Å². The van der Waals surface area contributed by atoms with Crippen molar-refractivity contribution in [1.82, 2.24) is 0 Å². The summed E-state index contributed by atoms with van der Waals surface area (Å²) in [4.78, 5) is 0. The number of halogens is 3. The highest BCUT2D eigenvalue weighted by molar-refractivity contribution is 7.17. The molecule has 2 aromatic rings. The second-order valence-electron chi connectivity index (χ2n) is 3.12. The van der Waals surface area contributed by atoms with Crippen LogP contribution in [0.4, 0.5) is 13.2 Å². The van der Waals surface area contributed by atoms with Crippen molar-refractivity contribution in [3.05, 3.63) is 29.1 Å². The molecule has 0 aliphatic heterocycles. The number of ether oxygens (including phenoxy) is 1. The Balaban J connectivity index is 2.42. The fraction of sp³-hybridized carbons (Fsp3) is 0.200. The second-order valence-corrected chi connectivity index (χ2v) is 4.04. The standard InChI is InChI=1S/C10H7F3OS/c1-6-5-15-9-3-2-7(4-8(6)9)14-10(11,12)13/h2-5H,1H3. The molecule has 0 atom stereocenters. The number of fused-ring (bicyclic) bond motifs is 1. The number of alkyl halides is 3. The molecule has 80 valence electrons. The lowest BCUT2D eigenvalue weighted by Crippen LogP contribution is -2.16. The summed E-state index contributed by atoms with van der Waals surface area (Å²) in [6.07, 6.45) is -4.63. The monoisotopic (exact) mass is 232 g/mol. The van der Waals surface area contributed by atoms with E-state index in [-0.39, 0.29) is 5.75 Å². The van der Waals surface area contributed by atoms with E-state index >= 15 is 0 Å². The van der Waals surface area contributed by atoms with Gasteiger partial charge in [0, 0.05) is 4.70 Å². The molecule has 0 bridgehead atoms. The van der Waals surface area contributed by atoms with Crippen LogP contribution in [0.3, 0.4) is 0 Å². The third kappa shape index (κ3) is 2.23. The SMILES string of the molecule is Cc1csc2ccc(OC(F)(F)F)cc12. The van der Waals surface area contributed by atoms with Crippen LogP contribution in [0.2, 0.25) is 0 Å². The summed E-state index contributed by atoms with van der Waals surface area (Å²) < 4.78 is 40.6. The van der Waals surface area contributed by atoms with Crippen molar-refractivity contribution in [3.63, 3.8) is 0 Å². The molecule has 0 unspecified atom stereocenters. The first-order chi connectivity index (χ1) is 6.96. The van der Waals surface area contributed by atoms with E-state index in [1.807, 2.05) is 12.3 Å². The molecule has 15 heavy (non-hydrogen) atoms. The Bertz CT molecular complexity index is 487. The van der Waals surface area contributed by atoms with Gasteiger partial charge in [0.15, 0.2) is 0 Å². The van der Waals surface area contributed by atoms with Gasteiger partial charge in [0.25, 0.3) is 0 Å². The highest BCUT2D eigenvalue weighted by Gasteiger charge is 2.31. The van der Waals surface area contributed by atoms with Crippen molar-refractivity contribution < 1.29 is 17.9 Å². The van der Waals surface area contributed by atoms with Crippen LogP contribution in [-0.2, 0) is 0 Å². The molecule has 2 rings (SSSR count). The van der Waals surface area contributed by atoms with Crippen LogP contribution in [0.5, 0.6) is 5.75 Å². The predicted octanol–water partition coefficient (Wildman–Crippen LogP) is 4.11. The maximum absolute atomic E-state index is 11.9. The number of hydrogen-bond donors (Lipinski definition) is 0. The molecule has 0 N–H and O–H groups in total. The van der Waals surface area contributed by atoms with Crippen molar-refractivity contribution >= 4 is 21.4 Å². The third-order valence-corrected chi connectivity index (χ3v) is 3.05. The Labute approximate surface area is 88.1 Å². The van der Waals surface area contributed by atoms with Crippen molar-refractivity contribution in [3.8, 4) is 5.75 Å². The first-order valence-corrected chi connectivity index (χ1v) is 5.07. The van der Waals surface area contributed by atoms with E-state index in [4.69, 9.17) is 0 Å². The summed E-state index contributed by atoms with van der Waals surface area (Å²) in [6.45, 7) is 1.86. The molecule has 1 aromatic carbocycles. The van der Waals surface area contributed by atoms with Gasteiger partial charge in [-0.3, -0.25) is 0 Å². The summed E-state index contributed by atoms with van der Waals surface area (Å²) in [5.41, 5.74) is 0.961. The smallest absolute Gasteiger partial charge is 0.406 e. The fourth-order valence-electron chi connectivity index (χ4n) is 1.33. The zero-order valence-corrected chi connectivity index (χ0v) is 8.58. The largest absolute Gasteiger partial charge is 0.573 e. The van der Waals surface area contributed by atoms with Crippen LogP contribution in [0.25, 0.3) is 10.1 Å². The molecule has 1 heterocycles. The number of rotatable bonds is 1. The summed E-state index contributed by atoms with van der Waals surface area (Å²) in [6, 6.07) is 4.37. The third-order valence-electron chi connectivity index (χ3n) is 1.97. The molecule has 0 radical (unpaired) electrons. The second kappa shape index (κ2) is 3.41. The van der Waals surface area contributed by atoms with Gasteiger partial charge in [-0.15, -0.1) is 24.5 Å². The summed E-state index contributed by atoms with van der Waals surface area (Å²) in [7, 11) is 0. The van der Waals surface area contributed by atoms with Gasteiger partial charge in [0.2, 0.25) is 0 Å². The predicted molar refractivity (Wildman–Crippen MR) is 53.2 cm³/mol. The molecule has 0 aliphatic carbocycles. The molecule has 0 saturated heterocycles. The molecular weight excluding hydrogens is 225 g/mol. The van der Waals surface area contributed by atoms with Gasteiger partial charge in [-0.05, 0) is 41.5 Å². The van der Waals surface area contributed by atoms with E-state index in [0.717, 1.165) is 15.6 Å².